The average Bonchev–Trinajstić information content (AvgIpc) is 2.76. The Hall–Kier alpha value is -2.65. The van der Waals surface area contributed by atoms with E-state index in [0.29, 0.717) is 31.9 Å². The summed E-state index contributed by atoms with van der Waals surface area (Å²) in [4.78, 5) is 2.30. The summed E-state index contributed by atoms with van der Waals surface area (Å²) >= 11 is 0. The second kappa shape index (κ2) is 13.6. The van der Waals surface area contributed by atoms with Gasteiger partial charge in [-0.15, -0.1) is 0 Å². The summed E-state index contributed by atoms with van der Waals surface area (Å²) in [6.45, 7) is 11.8. The van der Waals surface area contributed by atoms with E-state index in [1.165, 1.54) is 5.56 Å². The number of rotatable bonds is 14. The summed E-state index contributed by atoms with van der Waals surface area (Å²) in [5.74, 6) is 0. The van der Waals surface area contributed by atoms with Crippen LogP contribution in [0.1, 0.15) is 31.4 Å². The molecule has 0 aromatic heterocycles. The zero-order valence-electron chi connectivity index (χ0n) is 18.1. The second-order valence-corrected chi connectivity index (χ2v) is 7.15. The van der Waals surface area contributed by atoms with Gasteiger partial charge < -0.3 is 14.8 Å². The molecule has 0 amide bonds. The van der Waals surface area contributed by atoms with Gasteiger partial charge >= 0.3 is 0 Å². The van der Waals surface area contributed by atoms with Gasteiger partial charge in [-0.25, -0.2) is 0 Å². The minimum absolute atomic E-state index is 0.263. The van der Waals surface area contributed by atoms with Crippen LogP contribution in [0.15, 0.2) is 66.9 Å². The summed E-state index contributed by atoms with van der Waals surface area (Å²) < 4.78 is 11.7. The maximum atomic E-state index is 9.10. The van der Waals surface area contributed by atoms with Crippen LogP contribution in [0.25, 0.3) is 0 Å². The molecule has 5 heteroatoms. The van der Waals surface area contributed by atoms with Crippen molar-refractivity contribution >= 4 is 5.69 Å². The fourth-order valence-electron chi connectivity index (χ4n) is 3.15. The van der Waals surface area contributed by atoms with E-state index in [0.717, 1.165) is 30.8 Å². The van der Waals surface area contributed by atoms with Gasteiger partial charge in [-0.05, 0) is 43.5 Å². The topological polar surface area (TPSA) is 57.5 Å². The van der Waals surface area contributed by atoms with Gasteiger partial charge in [-0.2, -0.15) is 5.26 Å². The molecule has 0 aliphatic heterocycles. The third kappa shape index (κ3) is 8.79. The van der Waals surface area contributed by atoms with Crippen molar-refractivity contribution in [3.8, 4) is 6.07 Å². The Bertz CT molecular complexity index is 802. The zero-order valence-corrected chi connectivity index (χ0v) is 18.1. The van der Waals surface area contributed by atoms with Gasteiger partial charge in [0.1, 0.15) is 0 Å². The highest BCUT2D eigenvalue weighted by Gasteiger charge is 2.16. The van der Waals surface area contributed by atoms with E-state index in [4.69, 9.17) is 14.7 Å². The van der Waals surface area contributed by atoms with Gasteiger partial charge in [0, 0.05) is 44.2 Å². The molecule has 0 heterocycles. The van der Waals surface area contributed by atoms with Crippen LogP contribution in [-0.2, 0) is 15.9 Å². The standard InChI is InChI=1S/C25H33N3O2/c1-4-16-30-25(29-5-2)20-28(15-14-22-10-7-6-8-11-22)19-21(3)27-24-13-9-12-23(17-24)18-26/h6-13,17,25,27H,3-5,14-16,19-20H2,1-2H3. The fraction of sp³-hybridized carbons (Fsp3) is 0.400. The minimum atomic E-state index is -0.263. The molecule has 0 bridgehead atoms. The first-order valence-electron chi connectivity index (χ1n) is 10.6. The number of benzene rings is 2. The first-order valence-corrected chi connectivity index (χ1v) is 10.6. The van der Waals surface area contributed by atoms with Crippen molar-refractivity contribution < 1.29 is 9.47 Å². The summed E-state index contributed by atoms with van der Waals surface area (Å²) in [7, 11) is 0. The molecule has 1 atom stereocenters. The quantitative estimate of drug-likeness (QED) is 0.455. The Kier molecular flexibility index (Phi) is 10.7. The molecule has 0 aliphatic rings. The number of hydrogen-bond acceptors (Lipinski definition) is 5. The van der Waals surface area contributed by atoms with Gasteiger partial charge in [0.2, 0.25) is 0 Å². The lowest BCUT2D eigenvalue weighted by Crippen LogP contribution is -2.39. The smallest absolute Gasteiger partial charge is 0.170 e. The highest BCUT2D eigenvalue weighted by Crippen LogP contribution is 2.13. The molecule has 1 N–H and O–H groups in total. The molecule has 2 aromatic carbocycles. The summed E-state index contributed by atoms with van der Waals surface area (Å²) in [6.07, 6.45) is 1.63. The van der Waals surface area contributed by atoms with E-state index < -0.39 is 0 Å². The number of nitrogens with zero attached hydrogens (tertiary/aromatic N) is 2. The van der Waals surface area contributed by atoms with Crippen molar-refractivity contribution in [2.24, 2.45) is 0 Å². The van der Waals surface area contributed by atoms with E-state index in [2.05, 4.69) is 54.1 Å². The molecule has 0 aliphatic carbocycles. The highest BCUT2D eigenvalue weighted by molar-refractivity contribution is 5.52. The van der Waals surface area contributed by atoms with Gasteiger partial charge in [-0.3, -0.25) is 4.90 Å². The van der Waals surface area contributed by atoms with Gasteiger partial charge in [0.05, 0.1) is 11.6 Å². The number of anilines is 1. The van der Waals surface area contributed by atoms with Crippen molar-refractivity contribution in [2.45, 2.75) is 33.0 Å². The number of ether oxygens (including phenoxy) is 2. The molecule has 0 radical (unpaired) electrons. The second-order valence-electron chi connectivity index (χ2n) is 7.15. The molecule has 0 saturated heterocycles. The third-order valence-corrected chi connectivity index (χ3v) is 4.55. The molecular formula is C25H33N3O2. The first-order chi connectivity index (χ1) is 14.6. The Morgan fingerprint density at radius 3 is 2.63 bits per heavy atom. The van der Waals surface area contributed by atoms with Crippen LogP contribution >= 0.6 is 0 Å². The molecule has 0 saturated carbocycles. The highest BCUT2D eigenvalue weighted by atomic mass is 16.7. The van der Waals surface area contributed by atoms with E-state index in [-0.39, 0.29) is 6.29 Å². The maximum Gasteiger partial charge on any atom is 0.170 e. The van der Waals surface area contributed by atoms with Crippen molar-refractivity contribution in [3.63, 3.8) is 0 Å². The summed E-state index contributed by atoms with van der Waals surface area (Å²) in [5.41, 5.74) is 3.65. The molecule has 0 fully saturated rings. The number of hydrogen-bond donors (Lipinski definition) is 1. The minimum Gasteiger partial charge on any atom is -0.358 e. The number of nitriles is 1. The van der Waals surface area contributed by atoms with Crippen LogP contribution in [0.3, 0.4) is 0 Å². The van der Waals surface area contributed by atoms with Crippen molar-refractivity contribution in [1.82, 2.24) is 4.90 Å². The van der Waals surface area contributed by atoms with Crippen molar-refractivity contribution in [3.05, 3.63) is 78.0 Å². The monoisotopic (exact) mass is 407 g/mol. The third-order valence-electron chi connectivity index (χ3n) is 4.55. The summed E-state index contributed by atoms with van der Waals surface area (Å²) in [5, 5.41) is 12.4. The Balaban J connectivity index is 2.02. The van der Waals surface area contributed by atoms with Crippen LogP contribution in [0, 0.1) is 11.3 Å². The fourth-order valence-corrected chi connectivity index (χ4v) is 3.15. The molecular weight excluding hydrogens is 374 g/mol. The molecule has 2 aromatic rings. The van der Waals surface area contributed by atoms with E-state index in [9.17, 15) is 0 Å². The SMILES string of the molecule is C=C(CN(CCc1ccccc1)CC(OCC)OCCC)Nc1cccc(C#N)c1. The predicted molar refractivity (Wildman–Crippen MR) is 122 cm³/mol. The van der Waals surface area contributed by atoms with Crippen molar-refractivity contribution in [2.75, 3.05) is 38.2 Å². The first kappa shape index (κ1) is 23.6. The van der Waals surface area contributed by atoms with Gasteiger partial charge in [0.25, 0.3) is 0 Å². The predicted octanol–water partition coefficient (Wildman–Crippen LogP) is 4.82. The van der Waals surface area contributed by atoms with E-state index in [1.807, 2.05) is 31.2 Å². The lowest BCUT2D eigenvalue weighted by molar-refractivity contribution is -0.149. The van der Waals surface area contributed by atoms with Crippen LogP contribution < -0.4 is 5.32 Å². The zero-order chi connectivity index (χ0) is 21.6. The van der Waals surface area contributed by atoms with Crippen molar-refractivity contribution in [1.29, 1.82) is 5.26 Å². The molecule has 2 rings (SSSR count). The Morgan fingerprint density at radius 2 is 1.93 bits per heavy atom. The van der Waals surface area contributed by atoms with Gasteiger partial charge in [0.15, 0.2) is 6.29 Å². The average molecular weight is 408 g/mol. The number of nitrogens with one attached hydrogen (secondary N) is 1. The summed E-state index contributed by atoms with van der Waals surface area (Å²) in [6, 6.07) is 20.0. The normalized spacial score (nSPS) is 11.8. The molecule has 0 spiro atoms. The lowest BCUT2D eigenvalue weighted by atomic mass is 10.1. The van der Waals surface area contributed by atoms with E-state index in [1.54, 1.807) is 6.07 Å². The maximum absolute atomic E-state index is 9.10. The van der Waals surface area contributed by atoms with Crippen LogP contribution in [0.4, 0.5) is 5.69 Å². The largest absolute Gasteiger partial charge is 0.358 e. The molecule has 160 valence electrons. The lowest BCUT2D eigenvalue weighted by Gasteiger charge is -2.28. The Morgan fingerprint density at radius 1 is 1.13 bits per heavy atom. The van der Waals surface area contributed by atoms with E-state index >= 15 is 0 Å². The van der Waals surface area contributed by atoms with Crippen LogP contribution in [-0.4, -0.2) is 44.0 Å². The molecule has 1 unspecified atom stereocenters. The van der Waals surface area contributed by atoms with Gasteiger partial charge in [-0.1, -0.05) is 49.9 Å². The molecule has 5 nitrogen and oxygen atoms in total. The van der Waals surface area contributed by atoms with Crippen LogP contribution in [0.5, 0.6) is 0 Å². The molecule has 30 heavy (non-hydrogen) atoms. The Labute approximate surface area is 180 Å². The van der Waals surface area contributed by atoms with Crippen LogP contribution in [0.2, 0.25) is 0 Å².